The summed E-state index contributed by atoms with van der Waals surface area (Å²) in [6, 6.07) is 11.0. The monoisotopic (exact) mass is 326 g/mol. The summed E-state index contributed by atoms with van der Waals surface area (Å²) in [5, 5.41) is 3.44. The normalized spacial score (nSPS) is 16.8. The van der Waals surface area contributed by atoms with Crippen molar-refractivity contribution in [3.8, 4) is 0 Å². The summed E-state index contributed by atoms with van der Waals surface area (Å²) in [7, 11) is 0. The molecular formula is C19H26N4O. The molecule has 5 heteroatoms. The van der Waals surface area contributed by atoms with E-state index < -0.39 is 0 Å². The topological polar surface area (TPSA) is 50.3 Å². The lowest BCUT2D eigenvalue weighted by atomic mass is 10.0. The van der Waals surface area contributed by atoms with Gasteiger partial charge < -0.3 is 10.1 Å². The van der Waals surface area contributed by atoms with Crippen LogP contribution in [0, 0.1) is 20.8 Å². The summed E-state index contributed by atoms with van der Waals surface area (Å²) < 4.78 is 5.52. The highest BCUT2D eigenvalue weighted by Gasteiger charge is 2.23. The Morgan fingerprint density at radius 3 is 2.46 bits per heavy atom. The Morgan fingerprint density at radius 2 is 1.79 bits per heavy atom. The number of rotatable bonds is 5. The zero-order valence-corrected chi connectivity index (χ0v) is 14.7. The molecular weight excluding hydrogens is 300 g/mol. The van der Waals surface area contributed by atoms with E-state index in [2.05, 4.69) is 51.4 Å². The van der Waals surface area contributed by atoms with Gasteiger partial charge in [-0.25, -0.2) is 9.97 Å². The van der Waals surface area contributed by atoms with Crippen LogP contribution >= 0.6 is 0 Å². The van der Waals surface area contributed by atoms with Gasteiger partial charge in [-0.15, -0.1) is 0 Å². The van der Waals surface area contributed by atoms with Crippen molar-refractivity contribution >= 4 is 5.95 Å². The van der Waals surface area contributed by atoms with E-state index in [-0.39, 0.29) is 0 Å². The molecule has 0 saturated carbocycles. The summed E-state index contributed by atoms with van der Waals surface area (Å²) >= 11 is 0. The second-order valence-corrected chi connectivity index (χ2v) is 6.43. The van der Waals surface area contributed by atoms with Crippen molar-refractivity contribution in [3.05, 3.63) is 52.8 Å². The third-order valence-corrected chi connectivity index (χ3v) is 4.35. The zero-order chi connectivity index (χ0) is 16.9. The number of aryl methyl sites for hydroxylation is 3. The molecule has 128 valence electrons. The summed E-state index contributed by atoms with van der Waals surface area (Å²) in [4.78, 5) is 11.5. The number of hydrogen-bond donors (Lipinski definition) is 1. The first-order valence-electron chi connectivity index (χ1n) is 8.56. The maximum Gasteiger partial charge on any atom is 0.223 e. The predicted octanol–water partition coefficient (Wildman–Crippen LogP) is 2.89. The minimum atomic E-state index is 0.290. The molecule has 1 aromatic carbocycles. The average molecular weight is 326 g/mol. The highest BCUT2D eigenvalue weighted by atomic mass is 16.5. The van der Waals surface area contributed by atoms with Gasteiger partial charge in [0.25, 0.3) is 0 Å². The van der Waals surface area contributed by atoms with E-state index in [4.69, 9.17) is 4.74 Å². The maximum atomic E-state index is 5.52. The van der Waals surface area contributed by atoms with Crippen LogP contribution in [0.4, 0.5) is 5.95 Å². The van der Waals surface area contributed by atoms with Crippen molar-refractivity contribution in [2.75, 3.05) is 38.2 Å². The minimum Gasteiger partial charge on any atom is -0.379 e. The van der Waals surface area contributed by atoms with Crippen LogP contribution in [0.25, 0.3) is 0 Å². The van der Waals surface area contributed by atoms with Crippen LogP contribution in [-0.2, 0) is 4.74 Å². The summed E-state index contributed by atoms with van der Waals surface area (Å²) in [5.41, 5.74) is 4.59. The van der Waals surface area contributed by atoms with Crippen molar-refractivity contribution < 1.29 is 4.74 Å². The van der Waals surface area contributed by atoms with E-state index in [0.717, 1.165) is 44.2 Å². The fraction of sp³-hybridized carbons (Fsp3) is 0.474. The zero-order valence-electron chi connectivity index (χ0n) is 14.7. The number of aromatic nitrogens is 2. The van der Waals surface area contributed by atoms with E-state index in [1.54, 1.807) is 0 Å². The number of anilines is 1. The molecule has 24 heavy (non-hydrogen) atoms. The number of morpholine rings is 1. The molecule has 1 unspecified atom stereocenters. The van der Waals surface area contributed by atoms with Crippen LogP contribution in [0.2, 0.25) is 0 Å². The highest BCUT2D eigenvalue weighted by molar-refractivity contribution is 5.31. The Kier molecular flexibility index (Phi) is 5.43. The number of nitrogens with zero attached hydrogens (tertiary/aromatic N) is 3. The molecule has 0 radical (unpaired) electrons. The molecule has 1 aliphatic heterocycles. The van der Waals surface area contributed by atoms with Crippen LogP contribution in [0.3, 0.4) is 0 Å². The lowest BCUT2D eigenvalue weighted by molar-refractivity contribution is 0.0187. The quantitative estimate of drug-likeness (QED) is 0.915. The Bertz CT molecular complexity index is 663. The van der Waals surface area contributed by atoms with Gasteiger partial charge in [0.15, 0.2) is 0 Å². The number of nitrogens with one attached hydrogen (secondary N) is 1. The van der Waals surface area contributed by atoms with E-state index in [9.17, 15) is 0 Å². The standard InChI is InChI=1S/C19H26N4O/c1-14-5-4-6-17(11-14)18(23-7-9-24-10-8-23)13-20-19-21-15(2)12-16(3)22-19/h4-6,11-12,18H,7-10,13H2,1-3H3,(H,20,21,22). The Labute approximate surface area is 144 Å². The van der Waals surface area contributed by atoms with Crippen LogP contribution in [0.1, 0.15) is 28.6 Å². The molecule has 1 fully saturated rings. The first kappa shape index (κ1) is 16.9. The summed E-state index contributed by atoms with van der Waals surface area (Å²) in [6.07, 6.45) is 0. The van der Waals surface area contributed by atoms with Crippen LogP contribution in [0.5, 0.6) is 0 Å². The largest absolute Gasteiger partial charge is 0.379 e. The molecule has 1 aromatic heterocycles. The van der Waals surface area contributed by atoms with Crippen molar-refractivity contribution in [3.63, 3.8) is 0 Å². The minimum absolute atomic E-state index is 0.290. The molecule has 0 bridgehead atoms. The molecule has 1 saturated heterocycles. The Morgan fingerprint density at radius 1 is 1.08 bits per heavy atom. The van der Waals surface area contributed by atoms with Crippen LogP contribution in [0.15, 0.2) is 30.3 Å². The third kappa shape index (κ3) is 4.30. The van der Waals surface area contributed by atoms with Crippen molar-refractivity contribution in [1.29, 1.82) is 0 Å². The Balaban J connectivity index is 1.78. The molecule has 0 amide bonds. The average Bonchev–Trinajstić information content (AvgIpc) is 2.55. The van der Waals surface area contributed by atoms with Gasteiger partial charge in [-0.3, -0.25) is 4.90 Å². The van der Waals surface area contributed by atoms with Gasteiger partial charge in [-0.2, -0.15) is 0 Å². The van der Waals surface area contributed by atoms with E-state index >= 15 is 0 Å². The van der Waals surface area contributed by atoms with Gasteiger partial charge in [-0.1, -0.05) is 29.8 Å². The van der Waals surface area contributed by atoms with Gasteiger partial charge in [0.1, 0.15) is 0 Å². The van der Waals surface area contributed by atoms with Gasteiger partial charge in [0, 0.05) is 31.0 Å². The lowest BCUT2D eigenvalue weighted by Gasteiger charge is -2.35. The van der Waals surface area contributed by atoms with Gasteiger partial charge in [0.05, 0.1) is 19.3 Å². The highest BCUT2D eigenvalue weighted by Crippen LogP contribution is 2.23. The molecule has 0 aliphatic carbocycles. The lowest BCUT2D eigenvalue weighted by Crippen LogP contribution is -2.41. The number of benzene rings is 1. The fourth-order valence-corrected chi connectivity index (χ4v) is 3.22. The number of hydrogen-bond acceptors (Lipinski definition) is 5. The van der Waals surface area contributed by atoms with Gasteiger partial charge >= 0.3 is 0 Å². The molecule has 2 heterocycles. The predicted molar refractivity (Wildman–Crippen MR) is 96.3 cm³/mol. The first-order valence-corrected chi connectivity index (χ1v) is 8.56. The molecule has 1 N–H and O–H groups in total. The van der Waals surface area contributed by atoms with E-state index in [1.165, 1.54) is 11.1 Å². The molecule has 0 spiro atoms. The van der Waals surface area contributed by atoms with Crippen molar-refractivity contribution in [2.45, 2.75) is 26.8 Å². The first-order chi connectivity index (χ1) is 11.6. The molecule has 2 aromatic rings. The molecule has 1 atom stereocenters. The van der Waals surface area contributed by atoms with E-state index in [0.29, 0.717) is 12.0 Å². The van der Waals surface area contributed by atoms with Crippen LogP contribution < -0.4 is 5.32 Å². The molecule has 5 nitrogen and oxygen atoms in total. The smallest absolute Gasteiger partial charge is 0.223 e. The fourth-order valence-electron chi connectivity index (χ4n) is 3.22. The van der Waals surface area contributed by atoms with Crippen LogP contribution in [-0.4, -0.2) is 47.7 Å². The molecule has 1 aliphatic rings. The SMILES string of the molecule is Cc1cccc(C(CNc2nc(C)cc(C)n2)N2CCOCC2)c1. The number of ether oxygens (including phenoxy) is 1. The maximum absolute atomic E-state index is 5.52. The van der Waals surface area contributed by atoms with Crippen molar-refractivity contribution in [1.82, 2.24) is 14.9 Å². The second-order valence-electron chi connectivity index (χ2n) is 6.43. The van der Waals surface area contributed by atoms with Crippen molar-refractivity contribution in [2.24, 2.45) is 0 Å². The molecule has 3 rings (SSSR count). The summed E-state index contributed by atoms with van der Waals surface area (Å²) in [6.45, 7) is 10.4. The third-order valence-electron chi connectivity index (χ3n) is 4.35. The van der Waals surface area contributed by atoms with E-state index in [1.807, 2.05) is 19.9 Å². The van der Waals surface area contributed by atoms with Gasteiger partial charge in [0.2, 0.25) is 5.95 Å². The summed E-state index contributed by atoms with van der Waals surface area (Å²) in [5.74, 6) is 0.707. The Hall–Kier alpha value is -1.98. The second kappa shape index (κ2) is 7.73. The van der Waals surface area contributed by atoms with Gasteiger partial charge in [-0.05, 0) is 32.4 Å².